The van der Waals surface area contributed by atoms with Crippen LogP contribution in [0.25, 0.3) is 21.2 Å². The number of nitrogens with zero attached hydrogens (tertiary/aromatic N) is 1. The fourth-order valence-electron chi connectivity index (χ4n) is 3.10. The van der Waals surface area contributed by atoms with E-state index >= 15 is 0 Å². The van der Waals surface area contributed by atoms with Crippen molar-refractivity contribution in [2.75, 3.05) is 0 Å². The van der Waals surface area contributed by atoms with E-state index in [-0.39, 0.29) is 25.3 Å². The molecule has 0 saturated heterocycles. The van der Waals surface area contributed by atoms with Gasteiger partial charge in [-0.1, -0.05) is 68.1 Å². The molecular formula is C18H23ClN2O2RuS. The Bertz CT molecular complexity index is 765. The van der Waals surface area contributed by atoms with E-state index in [9.17, 15) is 8.42 Å². The van der Waals surface area contributed by atoms with E-state index in [2.05, 4.69) is 14.4 Å². The van der Waals surface area contributed by atoms with Gasteiger partial charge in [-0.05, 0) is 16.3 Å². The second-order valence-corrected chi connectivity index (χ2v) is 7.59. The molecule has 0 aliphatic heterocycles. The molecule has 0 amide bonds. The fourth-order valence-corrected chi connectivity index (χ4v) is 4.48. The molecule has 1 aliphatic carbocycles. The molecule has 7 heteroatoms. The van der Waals surface area contributed by atoms with E-state index in [1.54, 1.807) is 0 Å². The Morgan fingerprint density at radius 3 is 2.44 bits per heavy atom. The Kier molecular flexibility index (Phi) is 9.54. The predicted octanol–water partition coefficient (Wildman–Crippen LogP) is 5.54. The van der Waals surface area contributed by atoms with Crippen LogP contribution in [0.1, 0.15) is 31.2 Å². The van der Waals surface area contributed by atoms with Crippen LogP contribution in [-0.2, 0) is 33.1 Å². The summed E-state index contributed by atoms with van der Waals surface area (Å²) < 4.78 is 28.9. The average Bonchev–Trinajstić information content (AvgIpc) is 2.59. The van der Waals surface area contributed by atoms with Crippen LogP contribution >= 0.6 is 9.69 Å². The van der Waals surface area contributed by atoms with Crippen molar-refractivity contribution in [3.8, 4) is 0 Å². The molecule has 0 bridgehead atoms. The standard InChI is InChI=1S/C17H20N2O2S.CH3.ClH.Ru/c18-16-10-3-4-11-17(16)19-22(20,21)12-14-8-5-7-13-6-1-2-9-15(13)14;;;/h1-2,5-9,16-18H,3-4,10-12H2;1H3;1H;/q-2;-1;;+4/p-1. The van der Waals surface area contributed by atoms with E-state index in [1.807, 2.05) is 59.8 Å². The third kappa shape index (κ3) is 6.30. The van der Waals surface area contributed by atoms with Crippen LogP contribution in [0.15, 0.2) is 42.5 Å². The number of halogens is 1. The van der Waals surface area contributed by atoms with Crippen LogP contribution < -0.4 is 0 Å². The minimum absolute atomic E-state index is 0. The molecule has 2 aromatic carbocycles. The normalized spacial score (nSPS) is 20.2. The van der Waals surface area contributed by atoms with Crippen LogP contribution in [0.5, 0.6) is 0 Å². The quantitative estimate of drug-likeness (QED) is 0.437. The van der Waals surface area contributed by atoms with Gasteiger partial charge in [-0.25, -0.2) is 8.42 Å². The maximum Gasteiger partial charge on any atom is 0.0765 e. The number of sulfonamides is 1. The van der Waals surface area contributed by atoms with Crippen molar-refractivity contribution in [1.82, 2.24) is 0 Å². The predicted molar refractivity (Wildman–Crippen MR) is 103 cm³/mol. The summed E-state index contributed by atoms with van der Waals surface area (Å²) in [5, 5.41) is 1.99. The van der Waals surface area contributed by atoms with E-state index in [0.717, 1.165) is 35.6 Å². The smallest absolute Gasteiger partial charge is 0.0765 e. The van der Waals surface area contributed by atoms with Gasteiger partial charge in [0.2, 0.25) is 0 Å². The van der Waals surface area contributed by atoms with Crippen LogP contribution in [-0.4, -0.2) is 20.5 Å². The van der Waals surface area contributed by atoms with E-state index < -0.39 is 10.0 Å². The minimum atomic E-state index is -3.55. The Labute approximate surface area is 165 Å². The maximum atomic E-state index is 12.4. The van der Waals surface area contributed by atoms with Crippen molar-refractivity contribution in [3.63, 3.8) is 0 Å². The molecule has 138 valence electrons. The molecule has 2 unspecified atom stereocenters. The molecule has 3 rings (SSSR count). The van der Waals surface area contributed by atoms with Crippen molar-refractivity contribution >= 4 is 30.5 Å². The van der Waals surface area contributed by atoms with Crippen molar-refractivity contribution in [3.05, 3.63) is 65.9 Å². The first-order valence-electron chi connectivity index (χ1n) is 7.81. The van der Waals surface area contributed by atoms with E-state index in [4.69, 9.17) is 5.73 Å². The number of benzene rings is 2. The summed E-state index contributed by atoms with van der Waals surface area (Å²) in [5.74, 6) is -0.0857. The van der Waals surface area contributed by atoms with Crippen LogP contribution in [0.3, 0.4) is 0 Å². The third-order valence-corrected chi connectivity index (χ3v) is 5.51. The molecule has 1 N–H and O–H groups in total. The van der Waals surface area contributed by atoms with Crippen LogP contribution in [0, 0.1) is 7.43 Å². The van der Waals surface area contributed by atoms with Gasteiger partial charge in [0.1, 0.15) is 0 Å². The first-order valence-corrected chi connectivity index (χ1v) is 11.7. The summed E-state index contributed by atoms with van der Waals surface area (Å²) in [6, 6.07) is 12.7. The minimum Gasteiger partial charge on any atom is -0.676 e. The zero-order valence-corrected chi connectivity index (χ0v) is 17.4. The summed E-state index contributed by atoms with van der Waals surface area (Å²) in [6.45, 7) is 0. The molecule has 0 radical (unpaired) electrons. The molecule has 25 heavy (non-hydrogen) atoms. The Morgan fingerprint density at radius 2 is 1.72 bits per heavy atom. The number of rotatable bonds is 4. The fraction of sp³-hybridized carbons (Fsp3) is 0.389. The molecule has 2 aromatic rings. The molecule has 0 heterocycles. The van der Waals surface area contributed by atoms with Gasteiger partial charge in [0.25, 0.3) is 0 Å². The van der Waals surface area contributed by atoms with Gasteiger partial charge in [-0.3, -0.25) is 0 Å². The average molecular weight is 468 g/mol. The molecule has 0 aromatic heterocycles. The van der Waals surface area contributed by atoms with Gasteiger partial charge < -0.3 is 17.9 Å². The van der Waals surface area contributed by atoms with E-state index in [1.165, 1.54) is 0 Å². The molecule has 1 aliphatic rings. The summed E-state index contributed by atoms with van der Waals surface area (Å²) in [5.41, 5.74) is 8.74. The van der Waals surface area contributed by atoms with Gasteiger partial charge in [0.15, 0.2) is 0 Å². The number of hydrogen-bond donors (Lipinski definition) is 0. The van der Waals surface area contributed by atoms with E-state index in [0.29, 0.717) is 6.42 Å². The Morgan fingerprint density at radius 1 is 1.08 bits per heavy atom. The molecule has 4 nitrogen and oxygen atoms in total. The van der Waals surface area contributed by atoms with Crippen LogP contribution in [0.4, 0.5) is 0 Å². The zero-order valence-electron chi connectivity index (χ0n) is 14.1. The van der Waals surface area contributed by atoms with Crippen molar-refractivity contribution in [2.24, 2.45) is 0 Å². The molecule has 1 fully saturated rings. The second kappa shape index (κ2) is 10.6. The molecule has 2 atom stereocenters. The van der Waals surface area contributed by atoms with Gasteiger partial charge >= 0.3 is 27.0 Å². The van der Waals surface area contributed by atoms with Gasteiger partial charge in [-0.2, -0.15) is 6.04 Å². The molecule has 1 saturated carbocycles. The summed E-state index contributed by atoms with van der Waals surface area (Å²) in [4.78, 5) is 0. The largest absolute Gasteiger partial charge is 0.676 e. The van der Waals surface area contributed by atoms with Gasteiger partial charge in [0.05, 0.1) is 15.8 Å². The van der Waals surface area contributed by atoms with Crippen molar-refractivity contribution in [1.29, 1.82) is 0 Å². The summed E-state index contributed by atoms with van der Waals surface area (Å²) in [7, 11) is 1.02. The monoisotopic (exact) mass is 468 g/mol. The molecular weight excluding hydrogens is 445 g/mol. The number of fused-ring (bicyclic) bond motifs is 1. The summed E-state index contributed by atoms with van der Waals surface area (Å²) in [6.07, 6.45) is 3.43. The van der Waals surface area contributed by atoms with Crippen molar-refractivity contribution in [2.45, 2.75) is 43.5 Å². The SMILES string of the molecule is [CH3-].[Cl][Ru+3].[NH-]C1CCCCC1[N-]S(=O)(=O)Cc1cccc2ccccc12. The first kappa shape index (κ1) is 22.5. The Balaban J connectivity index is 0.00000101. The maximum absolute atomic E-state index is 12.4. The first-order chi connectivity index (χ1) is 11.6. The second-order valence-electron chi connectivity index (χ2n) is 5.93. The van der Waals surface area contributed by atoms with Gasteiger partial charge in [0, 0.05) is 0 Å². The third-order valence-electron chi connectivity index (χ3n) is 4.24. The van der Waals surface area contributed by atoms with Gasteiger partial charge in [-0.15, -0.1) is 6.04 Å². The Hall–Kier alpha value is -0.517. The number of nitrogens with one attached hydrogen (secondary N) is 1. The van der Waals surface area contributed by atoms with Crippen molar-refractivity contribution < 1.29 is 25.7 Å². The number of hydrogen-bond acceptors (Lipinski definition) is 2. The summed E-state index contributed by atoms with van der Waals surface area (Å²) >= 11 is 1.82. The van der Waals surface area contributed by atoms with Crippen LogP contribution in [0.2, 0.25) is 0 Å². The zero-order chi connectivity index (χ0) is 17.6. The molecule has 0 spiro atoms. The topological polar surface area (TPSA) is 72.0 Å².